The lowest BCUT2D eigenvalue weighted by Gasteiger charge is -2.05. The van der Waals surface area contributed by atoms with E-state index in [1.165, 1.54) is 0 Å². The molecule has 18 heavy (non-hydrogen) atoms. The van der Waals surface area contributed by atoms with Gasteiger partial charge in [0.1, 0.15) is 0 Å². The van der Waals surface area contributed by atoms with E-state index in [1.807, 2.05) is 0 Å². The fourth-order valence-corrected chi connectivity index (χ4v) is 1.02. The van der Waals surface area contributed by atoms with Crippen LogP contribution in [0, 0.1) is 11.8 Å². The molecular formula is C14H24O4. The molecule has 0 rings (SSSR count). The zero-order chi connectivity index (χ0) is 14.0. The third-order valence-electron chi connectivity index (χ3n) is 2.23. The van der Waals surface area contributed by atoms with E-state index >= 15 is 0 Å². The Morgan fingerprint density at radius 1 is 0.833 bits per heavy atom. The van der Waals surface area contributed by atoms with Crippen molar-refractivity contribution in [2.45, 2.75) is 40.5 Å². The zero-order valence-electron chi connectivity index (χ0n) is 11.8. The molecule has 0 aliphatic heterocycles. The van der Waals surface area contributed by atoms with Crippen molar-refractivity contribution in [1.29, 1.82) is 0 Å². The van der Waals surface area contributed by atoms with E-state index in [1.54, 1.807) is 0 Å². The van der Waals surface area contributed by atoms with Crippen LogP contribution >= 0.6 is 0 Å². The van der Waals surface area contributed by atoms with E-state index in [0.29, 0.717) is 25.0 Å². The molecule has 0 heterocycles. The number of hydrogen-bond acceptors (Lipinski definition) is 4. The summed E-state index contributed by atoms with van der Waals surface area (Å²) in [4.78, 5) is 22.4. The van der Waals surface area contributed by atoms with Gasteiger partial charge < -0.3 is 9.47 Å². The summed E-state index contributed by atoms with van der Waals surface area (Å²) in [5.74, 6) is -0.0292. The van der Waals surface area contributed by atoms with Gasteiger partial charge in [-0.3, -0.25) is 0 Å². The number of carbonyl (C=O) groups is 2. The third-order valence-corrected chi connectivity index (χ3v) is 2.23. The lowest BCUT2D eigenvalue weighted by Crippen LogP contribution is -2.08. The second-order valence-corrected chi connectivity index (χ2v) is 5.03. The Labute approximate surface area is 109 Å². The Hall–Kier alpha value is -1.32. The van der Waals surface area contributed by atoms with Gasteiger partial charge in [-0.1, -0.05) is 27.7 Å². The van der Waals surface area contributed by atoms with Crippen molar-refractivity contribution in [3.8, 4) is 0 Å². The average molecular weight is 256 g/mol. The number of rotatable bonds is 8. The normalized spacial score (nSPS) is 11.2. The molecule has 0 radical (unpaired) electrons. The maximum Gasteiger partial charge on any atom is 0.331 e. The minimum atomic E-state index is -0.503. The summed E-state index contributed by atoms with van der Waals surface area (Å²) in [6, 6.07) is 0. The van der Waals surface area contributed by atoms with E-state index in [9.17, 15) is 9.59 Å². The van der Waals surface area contributed by atoms with Crippen molar-refractivity contribution in [2.75, 3.05) is 13.2 Å². The molecule has 0 aromatic rings. The van der Waals surface area contributed by atoms with Gasteiger partial charge in [0.05, 0.1) is 13.2 Å². The van der Waals surface area contributed by atoms with Crippen LogP contribution in [0.15, 0.2) is 12.2 Å². The van der Waals surface area contributed by atoms with E-state index < -0.39 is 11.9 Å². The van der Waals surface area contributed by atoms with Crippen LogP contribution in [0.4, 0.5) is 0 Å². The monoisotopic (exact) mass is 256 g/mol. The molecule has 4 heteroatoms. The molecule has 0 bridgehead atoms. The maximum atomic E-state index is 11.2. The van der Waals surface area contributed by atoms with Crippen molar-refractivity contribution in [3.63, 3.8) is 0 Å². The van der Waals surface area contributed by atoms with Crippen molar-refractivity contribution >= 4 is 11.9 Å². The number of hydrogen-bond donors (Lipinski definition) is 0. The summed E-state index contributed by atoms with van der Waals surface area (Å²) in [5, 5.41) is 0. The number of ether oxygens (including phenoxy) is 2. The molecule has 0 aromatic carbocycles. The van der Waals surface area contributed by atoms with Crippen LogP contribution < -0.4 is 0 Å². The van der Waals surface area contributed by atoms with Crippen molar-refractivity contribution in [1.82, 2.24) is 0 Å². The summed E-state index contributed by atoms with van der Waals surface area (Å²) in [5.41, 5.74) is 0. The molecular weight excluding hydrogens is 232 g/mol. The Balaban J connectivity index is 3.71. The SMILES string of the molecule is CC(C)CCOC(=O)/C=C/C(=O)OCCC(C)C. The highest BCUT2D eigenvalue weighted by atomic mass is 16.5. The van der Waals surface area contributed by atoms with Gasteiger partial charge in [0.15, 0.2) is 0 Å². The molecule has 0 saturated heterocycles. The highest BCUT2D eigenvalue weighted by Crippen LogP contribution is 2.00. The highest BCUT2D eigenvalue weighted by Gasteiger charge is 2.02. The summed E-state index contributed by atoms with van der Waals surface area (Å²) >= 11 is 0. The Kier molecular flexibility index (Phi) is 8.97. The van der Waals surface area contributed by atoms with Crippen LogP contribution in [-0.4, -0.2) is 25.2 Å². The molecule has 0 amide bonds. The average Bonchev–Trinajstić information content (AvgIpc) is 2.25. The molecule has 0 spiro atoms. The van der Waals surface area contributed by atoms with Crippen molar-refractivity contribution in [3.05, 3.63) is 12.2 Å². The molecule has 0 fully saturated rings. The fraction of sp³-hybridized carbons (Fsp3) is 0.714. The Bertz CT molecular complexity index is 252. The quantitative estimate of drug-likeness (QED) is 0.495. The van der Waals surface area contributed by atoms with Crippen LogP contribution in [0.3, 0.4) is 0 Å². The van der Waals surface area contributed by atoms with Gasteiger partial charge in [-0.25, -0.2) is 9.59 Å². The summed E-state index contributed by atoms with van der Waals surface area (Å²) in [6.07, 6.45) is 3.85. The van der Waals surface area contributed by atoms with Gasteiger partial charge in [-0.2, -0.15) is 0 Å². The first kappa shape index (κ1) is 16.7. The molecule has 104 valence electrons. The van der Waals surface area contributed by atoms with E-state index in [-0.39, 0.29) is 0 Å². The molecule has 0 atom stereocenters. The van der Waals surface area contributed by atoms with Crippen LogP contribution in [0.1, 0.15) is 40.5 Å². The summed E-state index contributed by atoms with van der Waals surface area (Å²) < 4.78 is 9.82. The standard InChI is InChI=1S/C14H24O4/c1-11(2)7-9-17-13(15)5-6-14(16)18-10-8-12(3)4/h5-6,11-12H,7-10H2,1-4H3/b6-5+. The van der Waals surface area contributed by atoms with Gasteiger partial charge in [0, 0.05) is 12.2 Å². The molecule has 0 saturated carbocycles. The molecule has 0 unspecified atom stereocenters. The third kappa shape index (κ3) is 11.2. The molecule has 4 nitrogen and oxygen atoms in total. The van der Waals surface area contributed by atoms with E-state index in [0.717, 1.165) is 25.0 Å². The lowest BCUT2D eigenvalue weighted by molar-refractivity contribution is -0.140. The van der Waals surface area contributed by atoms with Crippen LogP contribution in [0.2, 0.25) is 0 Å². The summed E-state index contributed by atoms with van der Waals surface area (Å²) in [6.45, 7) is 8.96. The molecule has 0 aliphatic carbocycles. The first-order valence-electron chi connectivity index (χ1n) is 6.43. The smallest absolute Gasteiger partial charge is 0.331 e. The van der Waals surface area contributed by atoms with Gasteiger partial charge in [-0.05, 0) is 24.7 Å². The predicted molar refractivity (Wildman–Crippen MR) is 70.0 cm³/mol. The topological polar surface area (TPSA) is 52.6 Å². The Morgan fingerprint density at radius 3 is 1.44 bits per heavy atom. The van der Waals surface area contributed by atoms with E-state index in [4.69, 9.17) is 9.47 Å². The maximum absolute atomic E-state index is 11.2. The largest absolute Gasteiger partial charge is 0.463 e. The summed E-state index contributed by atoms with van der Waals surface area (Å²) in [7, 11) is 0. The van der Waals surface area contributed by atoms with Crippen molar-refractivity contribution in [2.24, 2.45) is 11.8 Å². The van der Waals surface area contributed by atoms with Gasteiger partial charge in [0.2, 0.25) is 0 Å². The van der Waals surface area contributed by atoms with Gasteiger partial charge in [0.25, 0.3) is 0 Å². The molecule has 0 N–H and O–H groups in total. The first-order chi connectivity index (χ1) is 8.41. The van der Waals surface area contributed by atoms with Crippen LogP contribution in [0.5, 0.6) is 0 Å². The van der Waals surface area contributed by atoms with Crippen LogP contribution in [-0.2, 0) is 19.1 Å². The van der Waals surface area contributed by atoms with E-state index in [2.05, 4.69) is 27.7 Å². The predicted octanol–water partition coefficient (Wildman–Crippen LogP) is 2.72. The lowest BCUT2D eigenvalue weighted by atomic mass is 10.1. The zero-order valence-corrected chi connectivity index (χ0v) is 11.8. The van der Waals surface area contributed by atoms with Crippen molar-refractivity contribution < 1.29 is 19.1 Å². The first-order valence-corrected chi connectivity index (χ1v) is 6.43. The molecule has 0 aliphatic rings. The fourth-order valence-electron chi connectivity index (χ4n) is 1.02. The minimum absolute atomic E-state index is 0.378. The second-order valence-electron chi connectivity index (χ2n) is 5.03. The number of carbonyl (C=O) groups excluding carboxylic acids is 2. The highest BCUT2D eigenvalue weighted by molar-refractivity contribution is 5.91. The molecule has 0 aromatic heterocycles. The second kappa shape index (κ2) is 9.68. The van der Waals surface area contributed by atoms with Crippen LogP contribution in [0.25, 0.3) is 0 Å². The van der Waals surface area contributed by atoms with Gasteiger partial charge >= 0.3 is 11.9 Å². The minimum Gasteiger partial charge on any atom is -0.463 e. The van der Waals surface area contributed by atoms with Gasteiger partial charge in [-0.15, -0.1) is 0 Å². The number of esters is 2. The Morgan fingerprint density at radius 2 is 1.17 bits per heavy atom.